The van der Waals surface area contributed by atoms with Crippen LogP contribution in [0, 0.1) is 6.92 Å². The van der Waals surface area contributed by atoms with Crippen LogP contribution in [0.4, 0.5) is 11.8 Å². The van der Waals surface area contributed by atoms with Gasteiger partial charge >= 0.3 is 0 Å². The molecule has 8 heteroatoms. The zero-order valence-electron chi connectivity index (χ0n) is 22.2. The molecule has 0 radical (unpaired) electrons. The molecule has 2 aromatic heterocycles. The molecule has 0 atom stereocenters. The van der Waals surface area contributed by atoms with Crippen molar-refractivity contribution < 1.29 is 0 Å². The van der Waals surface area contributed by atoms with Gasteiger partial charge in [-0.3, -0.25) is 4.90 Å². The Bertz CT molecular complexity index is 1180. The van der Waals surface area contributed by atoms with Crippen molar-refractivity contribution in [2.24, 2.45) is 5.73 Å². The number of nitrogens with zero attached hydrogens (tertiary/aromatic N) is 5. The number of imidazole rings is 1. The van der Waals surface area contributed by atoms with E-state index in [0.29, 0.717) is 24.2 Å². The fourth-order valence-corrected chi connectivity index (χ4v) is 6.47. The molecule has 3 fully saturated rings. The summed E-state index contributed by atoms with van der Waals surface area (Å²) in [6.45, 7) is 5.37. The molecular formula is C29H42N8. The summed E-state index contributed by atoms with van der Waals surface area (Å²) in [5, 5.41) is 7.44. The summed E-state index contributed by atoms with van der Waals surface area (Å²) in [5.74, 6) is 1.61. The minimum absolute atomic E-state index is 0.333. The first-order valence-corrected chi connectivity index (χ1v) is 14.4. The van der Waals surface area contributed by atoms with Gasteiger partial charge in [-0.15, -0.1) is 0 Å². The van der Waals surface area contributed by atoms with Crippen LogP contribution in [0.5, 0.6) is 0 Å². The number of rotatable bonds is 7. The van der Waals surface area contributed by atoms with Crippen LogP contribution in [0.15, 0.2) is 30.6 Å². The fourth-order valence-electron chi connectivity index (χ4n) is 6.47. The molecule has 1 aromatic carbocycles. The largest absolute Gasteiger partial charge is 0.365 e. The lowest BCUT2D eigenvalue weighted by atomic mass is 9.92. The lowest BCUT2D eigenvalue weighted by Gasteiger charge is -2.33. The van der Waals surface area contributed by atoms with Crippen LogP contribution < -0.4 is 16.4 Å². The maximum atomic E-state index is 6.14. The number of likely N-dealkylation sites (tertiary alicyclic amines) is 1. The number of hydrogen-bond acceptors (Lipinski definition) is 7. The second-order valence-electron chi connectivity index (χ2n) is 11.6. The van der Waals surface area contributed by atoms with Crippen molar-refractivity contribution in [1.82, 2.24) is 24.4 Å². The van der Waals surface area contributed by atoms with Gasteiger partial charge in [-0.25, -0.2) is 4.98 Å². The number of aromatic nitrogens is 4. The summed E-state index contributed by atoms with van der Waals surface area (Å²) in [4.78, 5) is 17.4. The highest BCUT2D eigenvalue weighted by Gasteiger charge is 2.26. The van der Waals surface area contributed by atoms with Gasteiger partial charge in [0, 0.05) is 43.8 Å². The van der Waals surface area contributed by atoms with Crippen LogP contribution in [0.25, 0.3) is 11.2 Å². The average Bonchev–Trinajstić information content (AvgIpc) is 3.57. The molecule has 3 aliphatic rings. The van der Waals surface area contributed by atoms with Crippen LogP contribution in [-0.2, 0) is 6.54 Å². The second kappa shape index (κ2) is 11.0. The molecule has 37 heavy (non-hydrogen) atoms. The second-order valence-corrected chi connectivity index (χ2v) is 11.6. The molecule has 0 bridgehead atoms. The average molecular weight is 503 g/mol. The lowest BCUT2D eigenvalue weighted by molar-refractivity contribution is 0.211. The predicted molar refractivity (Wildman–Crippen MR) is 150 cm³/mol. The van der Waals surface area contributed by atoms with Crippen molar-refractivity contribution in [3.8, 4) is 0 Å². The predicted octanol–water partition coefficient (Wildman–Crippen LogP) is 5.01. The zero-order chi connectivity index (χ0) is 25.2. The molecule has 3 aromatic rings. The van der Waals surface area contributed by atoms with Gasteiger partial charge in [0.15, 0.2) is 17.0 Å². The van der Waals surface area contributed by atoms with Crippen molar-refractivity contribution in [2.45, 2.75) is 102 Å². The topological polar surface area (TPSA) is 96.9 Å². The summed E-state index contributed by atoms with van der Waals surface area (Å²) in [7, 11) is 0. The molecule has 1 saturated heterocycles. The standard InChI is InChI=1S/C29H42N8/c1-20-5-4-6-21(17-20)18-36-15-13-24(14-16-36)32-27-26-28(37(19-31-26)25-7-2-3-8-25)35-29(34-27)33-23-11-9-22(30)10-12-23/h4-6,17,19,22-25H,2-3,7-16,18,30H2,1H3,(H2,32,33,34,35). The van der Waals surface area contributed by atoms with Gasteiger partial charge in [-0.05, 0) is 63.9 Å². The molecular weight excluding hydrogens is 460 g/mol. The molecule has 3 heterocycles. The van der Waals surface area contributed by atoms with Gasteiger partial charge < -0.3 is 20.9 Å². The Kier molecular flexibility index (Phi) is 7.29. The van der Waals surface area contributed by atoms with Crippen LogP contribution in [-0.4, -0.2) is 55.6 Å². The quantitative estimate of drug-likeness (QED) is 0.418. The number of anilines is 2. The molecule has 2 aliphatic carbocycles. The number of fused-ring (bicyclic) bond motifs is 1. The molecule has 198 valence electrons. The Hall–Kier alpha value is -2.71. The SMILES string of the molecule is Cc1cccc(CN2CCC(Nc3nc(NC4CCC(N)CC4)nc4c3ncn4C3CCCC3)CC2)c1. The molecule has 2 saturated carbocycles. The Labute approximate surface area is 220 Å². The molecule has 1 aliphatic heterocycles. The van der Waals surface area contributed by atoms with E-state index in [0.717, 1.165) is 81.1 Å². The highest BCUT2D eigenvalue weighted by molar-refractivity contribution is 5.84. The molecule has 4 N–H and O–H groups in total. The van der Waals surface area contributed by atoms with E-state index < -0.39 is 0 Å². The third-order valence-corrected chi connectivity index (χ3v) is 8.66. The van der Waals surface area contributed by atoms with Gasteiger partial charge in [-0.2, -0.15) is 9.97 Å². The minimum Gasteiger partial charge on any atom is -0.365 e. The summed E-state index contributed by atoms with van der Waals surface area (Å²) in [6, 6.07) is 10.5. The zero-order valence-corrected chi connectivity index (χ0v) is 22.2. The lowest BCUT2D eigenvalue weighted by Crippen LogP contribution is -2.39. The summed E-state index contributed by atoms with van der Waals surface area (Å²) < 4.78 is 2.31. The molecule has 0 spiro atoms. The van der Waals surface area contributed by atoms with E-state index in [1.54, 1.807) is 0 Å². The van der Waals surface area contributed by atoms with Gasteiger partial charge in [0.2, 0.25) is 5.95 Å². The van der Waals surface area contributed by atoms with Crippen molar-refractivity contribution in [1.29, 1.82) is 0 Å². The van der Waals surface area contributed by atoms with E-state index in [2.05, 4.69) is 51.3 Å². The number of hydrogen-bond donors (Lipinski definition) is 3. The third-order valence-electron chi connectivity index (χ3n) is 8.66. The van der Waals surface area contributed by atoms with Crippen molar-refractivity contribution in [3.05, 3.63) is 41.7 Å². The first-order chi connectivity index (χ1) is 18.1. The number of nitrogens with two attached hydrogens (primary N) is 1. The van der Waals surface area contributed by atoms with E-state index in [9.17, 15) is 0 Å². The van der Waals surface area contributed by atoms with Crippen LogP contribution in [0.3, 0.4) is 0 Å². The van der Waals surface area contributed by atoms with Crippen LogP contribution in [0.2, 0.25) is 0 Å². The van der Waals surface area contributed by atoms with E-state index in [4.69, 9.17) is 20.7 Å². The van der Waals surface area contributed by atoms with Crippen LogP contribution in [0.1, 0.15) is 81.4 Å². The molecule has 8 nitrogen and oxygen atoms in total. The third kappa shape index (κ3) is 5.75. The number of benzene rings is 1. The van der Waals surface area contributed by atoms with E-state index in [-0.39, 0.29) is 0 Å². The maximum absolute atomic E-state index is 6.14. The van der Waals surface area contributed by atoms with Gasteiger partial charge in [-0.1, -0.05) is 42.7 Å². The number of nitrogens with one attached hydrogen (secondary N) is 2. The molecule has 0 amide bonds. The van der Waals surface area contributed by atoms with E-state index in [1.807, 2.05) is 6.33 Å². The van der Waals surface area contributed by atoms with Crippen molar-refractivity contribution in [2.75, 3.05) is 23.7 Å². The number of piperidine rings is 1. The minimum atomic E-state index is 0.333. The smallest absolute Gasteiger partial charge is 0.227 e. The Balaban J connectivity index is 1.18. The summed E-state index contributed by atoms with van der Waals surface area (Å²) in [6.07, 6.45) is 13.5. The van der Waals surface area contributed by atoms with Gasteiger partial charge in [0.1, 0.15) is 0 Å². The monoisotopic (exact) mass is 502 g/mol. The highest BCUT2D eigenvalue weighted by Crippen LogP contribution is 2.34. The van der Waals surface area contributed by atoms with Crippen molar-refractivity contribution >= 4 is 22.9 Å². The molecule has 6 rings (SSSR count). The molecule has 0 unspecified atom stereocenters. The maximum Gasteiger partial charge on any atom is 0.227 e. The fraction of sp³-hybridized carbons (Fsp3) is 0.621. The first kappa shape index (κ1) is 24.6. The van der Waals surface area contributed by atoms with Gasteiger partial charge in [0.05, 0.1) is 6.33 Å². The van der Waals surface area contributed by atoms with E-state index in [1.165, 1.54) is 36.8 Å². The summed E-state index contributed by atoms with van der Waals surface area (Å²) in [5.41, 5.74) is 10.8. The number of aryl methyl sites for hydroxylation is 1. The Morgan fingerprint density at radius 3 is 2.43 bits per heavy atom. The Morgan fingerprint density at radius 1 is 0.919 bits per heavy atom. The van der Waals surface area contributed by atoms with Crippen molar-refractivity contribution in [3.63, 3.8) is 0 Å². The first-order valence-electron chi connectivity index (χ1n) is 14.4. The van der Waals surface area contributed by atoms with E-state index >= 15 is 0 Å². The normalized spacial score (nSPS) is 24.1. The van der Waals surface area contributed by atoms with Gasteiger partial charge in [0.25, 0.3) is 0 Å². The highest BCUT2D eigenvalue weighted by atomic mass is 15.2. The van der Waals surface area contributed by atoms with Crippen LogP contribution >= 0.6 is 0 Å². The summed E-state index contributed by atoms with van der Waals surface area (Å²) >= 11 is 0. The Morgan fingerprint density at radius 2 is 1.68 bits per heavy atom.